The Morgan fingerprint density at radius 1 is 0.893 bits per heavy atom. The number of aryl methyl sites for hydroxylation is 3. The molecule has 1 N–H and O–H groups in total. The molecule has 0 atom stereocenters. The second-order valence-electron chi connectivity index (χ2n) is 12.9. The van der Waals surface area contributed by atoms with Gasteiger partial charge in [0.05, 0.1) is 58.6 Å². The van der Waals surface area contributed by atoms with Crippen LogP contribution in [0.4, 0.5) is 0 Å². The number of carbonyl (C=O) groups excluding carboxylic acids is 1. The number of hydrogen-bond acceptors (Lipinski definition) is 11. The lowest BCUT2D eigenvalue weighted by molar-refractivity contribution is 0.0946. The summed E-state index contributed by atoms with van der Waals surface area (Å²) in [5.74, 6) is 2.87. The maximum Gasteiger partial charge on any atom is 0.270 e. The van der Waals surface area contributed by atoms with Crippen molar-refractivity contribution in [3.63, 3.8) is 0 Å². The first-order valence-corrected chi connectivity index (χ1v) is 17.8. The number of nitriles is 1. The number of aromatic nitrogens is 8. The third kappa shape index (κ3) is 7.58. The van der Waals surface area contributed by atoms with E-state index in [9.17, 15) is 10.1 Å². The molecule has 3 aromatic carbocycles. The fourth-order valence-corrected chi connectivity index (χ4v) is 6.41. The van der Waals surface area contributed by atoms with Gasteiger partial charge in [-0.25, -0.2) is 4.98 Å². The van der Waals surface area contributed by atoms with Gasteiger partial charge in [0.1, 0.15) is 46.6 Å². The standard InChI is InChI=1S/C41H40N10O5/c1-26-38(56-25-28-10-7-6-8-11-28)37(51(48-26)19-9-18-42)40-47-46-39(50(40)24-27-12-15-30(53-3)16-13-27)36-32-23-44-49(2)34(32)21-33(45-36)41(52)43-22-29-14-17-31(54-4)20-35(29)55-5/h6-8,10-17,20-21,23H,9,19,22,24-25H2,1-5H3,(H,43,52). The first kappa shape index (κ1) is 37.1. The SMILES string of the molecule is COc1ccc(Cn2c(-c3nc(C(=O)NCc4ccc(OC)cc4OC)cc4c3cnn4C)nnc2-c2c(OCc3ccccc3)c(C)nn2CCC#N)cc1. The molecular weight excluding hydrogens is 713 g/mol. The van der Waals surface area contributed by atoms with Gasteiger partial charge < -0.3 is 24.3 Å². The number of carbonyl (C=O) groups is 1. The van der Waals surface area contributed by atoms with Crippen molar-refractivity contribution >= 4 is 16.8 Å². The van der Waals surface area contributed by atoms with Crippen LogP contribution in [-0.2, 0) is 33.3 Å². The monoisotopic (exact) mass is 752 g/mol. The van der Waals surface area contributed by atoms with Crippen LogP contribution >= 0.6 is 0 Å². The summed E-state index contributed by atoms with van der Waals surface area (Å²) >= 11 is 0. The van der Waals surface area contributed by atoms with E-state index in [1.165, 1.54) is 0 Å². The minimum Gasteiger partial charge on any atom is -0.497 e. The minimum atomic E-state index is -0.407. The van der Waals surface area contributed by atoms with Crippen molar-refractivity contribution in [3.8, 4) is 52.1 Å². The number of amides is 1. The first-order chi connectivity index (χ1) is 27.3. The molecule has 15 nitrogen and oxygen atoms in total. The lowest BCUT2D eigenvalue weighted by Gasteiger charge is -2.15. The van der Waals surface area contributed by atoms with Crippen LogP contribution in [0.2, 0.25) is 0 Å². The van der Waals surface area contributed by atoms with Crippen molar-refractivity contribution in [1.29, 1.82) is 5.26 Å². The van der Waals surface area contributed by atoms with Gasteiger partial charge in [0.25, 0.3) is 5.91 Å². The highest BCUT2D eigenvalue weighted by Gasteiger charge is 2.28. The van der Waals surface area contributed by atoms with E-state index >= 15 is 0 Å². The lowest BCUT2D eigenvalue weighted by atomic mass is 10.1. The maximum absolute atomic E-state index is 13.9. The van der Waals surface area contributed by atoms with Gasteiger partial charge in [-0.05, 0) is 48.4 Å². The van der Waals surface area contributed by atoms with E-state index in [1.54, 1.807) is 62.1 Å². The van der Waals surface area contributed by atoms with Crippen LogP contribution in [0.3, 0.4) is 0 Å². The van der Waals surface area contributed by atoms with Crippen molar-refractivity contribution in [2.24, 2.45) is 7.05 Å². The van der Waals surface area contributed by atoms with Crippen LogP contribution in [0.1, 0.15) is 39.3 Å². The van der Waals surface area contributed by atoms with Crippen LogP contribution < -0.4 is 24.3 Å². The van der Waals surface area contributed by atoms with E-state index in [-0.39, 0.29) is 25.3 Å². The molecule has 0 spiro atoms. The molecule has 7 rings (SSSR count). The number of hydrogen-bond donors (Lipinski definition) is 1. The summed E-state index contributed by atoms with van der Waals surface area (Å²) < 4.78 is 28.1. The lowest BCUT2D eigenvalue weighted by Crippen LogP contribution is -2.24. The first-order valence-electron chi connectivity index (χ1n) is 17.8. The average molecular weight is 753 g/mol. The number of pyridine rings is 1. The Hall–Kier alpha value is -7.21. The molecule has 15 heteroatoms. The van der Waals surface area contributed by atoms with Crippen LogP contribution in [0.15, 0.2) is 85.1 Å². The molecule has 0 aliphatic carbocycles. The number of fused-ring (bicyclic) bond motifs is 1. The second kappa shape index (κ2) is 16.4. The smallest absolute Gasteiger partial charge is 0.270 e. The van der Waals surface area contributed by atoms with E-state index in [4.69, 9.17) is 39.2 Å². The zero-order valence-electron chi connectivity index (χ0n) is 31.7. The highest BCUT2D eigenvalue weighted by atomic mass is 16.5. The number of nitrogens with zero attached hydrogens (tertiary/aromatic N) is 9. The summed E-state index contributed by atoms with van der Waals surface area (Å²) in [5.41, 5.74) is 5.09. The molecule has 1 amide bonds. The van der Waals surface area contributed by atoms with E-state index in [0.29, 0.717) is 75.7 Å². The normalized spacial score (nSPS) is 11.0. The molecule has 0 fully saturated rings. The Morgan fingerprint density at radius 2 is 1.64 bits per heavy atom. The van der Waals surface area contributed by atoms with Gasteiger partial charge in [0.15, 0.2) is 17.4 Å². The van der Waals surface area contributed by atoms with E-state index in [2.05, 4.69) is 16.5 Å². The molecule has 7 aromatic rings. The van der Waals surface area contributed by atoms with E-state index in [0.717, 1.165) is 16.7 Å². The molecule has 0 unspecified atom stereocenters. The highest BCUT2D eigenvalue weighted by Crippen LogP contribution is 2.37. The predicted molar refractivity (Wildman–Crippen MR) is 207 cm³/mol. The van der Waals surface area contributed by atoms with Crippen molar-refractivity contribution in [1.82, 2.24) is 44.6 Å². The van der Waals surface area contributed by atoms with E-state index < -0.39 is 5.91 Å². The third-order valence-electron chi connectivity index (χ3n) is 9.32. The minimum absolute atomic E-state index is 0.158. The van der Waals surface area contributed by atoms with Crippen LogP contribution in [0.25, 0.3) is 33.9 Å². The molecule has 0 aliphatic heterocycles. The molecule has 0 aliphatic rings. The molecule has 284 valence electrons. The zero-order valence-corrected chi connectivity index (χ0v) is 31.7. The fraction of sp³-hybridized carbons (Fsp3) is 0.244. The summed E-state index contributed by atoms with van der Waals surface area (Å²) in [6, 6.07) is 26.9. The van der Waals surface area contributed by atoms with Gasteiger partial charge in [-0.1, -0.05) is 42.5 Å². The fourth-order valence-electron chi connectivity index (χ4n) is 6.41. The largest absolute Gasteiger partial charge is 0.497 e. The summed E-state index contributed by atoms with van der Waals surface area (Å²) in [5, 5.41) is 32.0. The highest BCUT2D eigenvalue weighted by molar-refractivity contribution is 5.99. The van der Waals surface area contributed by atoms with Crippen molar-refractivity contribution in [3.05, 3.63) is 113 Å². The van der Waals surface area contributed by atoms with Crippen LogP contribution in [0, 0.1) is 18.3 Å². The summed E-state index contributed by atoms with van der Waals surface area (Å²) in [6.07, 6.45) is 1.91. The maximum atomic E-state index is 13.9. The van der Waals surface area contributed by atoms with Gasteiger partial charge in [0, 0.05) is 30.6 Å². The Bertz CT molecular complexity index is 2530. The Kier molecular flexibility index (Phi) is 10.9. The summed E-state index contributed by atoms with van der Waals surface area (Å²) in [4.78, 5) is 18.8. The van der Waals surface area contributed by atoms with Gasteiger partial charge in [-0.3, -0.25) is 18.7 Å². The number of methoxy groups -OCH3 is 3. The van der Waals surface area contributed by atoms with Crippen molar-refractivity contribution in [2.45, 2.75) is 39.6 Å². The van der Waals surface area contributed by atoms with Gasteiger partial charge in [0.2, 0.25) is 0 Å². The average Bonchev–Trinajstić information content (AvgIpc) is 3.91. The molecule has 4 heterocycles. The molecular formula is C41H40N10O5. The molecule has 0 saturated heterocycles. The Labute approximate surface area is 323 Å². The molecule has 56 heavy (non-hydrogen) atoms. The molecule has 4 aromatic heterocycles. The number of rotatable bonds is 15. The summed E-state index contributed by atoms with van der Waals surface area (Å²) in [6.45, 7) is 2.94. The molecule has 0 saturated carbocycles. The van der Waals surface area contributed by atoms with Crippen molar-refractivity contribution < 1.29 is 23.7 Å². The van der Waals surface area contributed by atoms with Gasteiger partial charge in [-0.15, -0.1) is 10.2 Å². The topological polar surface area (TPSA) is 169 Å². The molecule has 0 radical (unpaired) electrons. The number of benzene rings is 3. The van der Waals surface area contributed by atoms with Crippen LogP contribution in [0.5, 0.6) is 23.0 Å². The van der Waals surface area contributed by atoms with E-state index in [1.807, 2.05) is 72.2 Å². The van der Waals surface area contributed by atoms with Crippen LogP contribution in [-0.4, -0.2) is 66.5 Å². The quantitative estimate of drug-likeness (QED) is 0.132. The summed E-state index contributed by atoms with van der Waals surface area (Å²) in [7, 11) is 6.57. The Morgan fingerprint density at radius 3 is 2.38 bits per heavy atom. The third-order valence-corrected chi connectivity index (χ3v) is 9.32. The van der Waals surface area contributed by atoms with Crippen molar-refractivity contribution in [2.75, 3.05) is 21.3 Å². The number of ether oxygens (including phenoxy) is 4. The molecule has 0 bridgehead atoms. The zero-order chi connectivity index (χ0) is 39.2. The number of nitrogens with one attached hydrogen (secondary N) is 1. The second-order valence-corrected chi connectivity index (χ2v) is 12.9. The van der Waals surface area contributed by atoms with Gasteiger partial charge >= 0.3 is 0 Å². The van der Waals surface area contributed by atoms with Gasteiger partial charge in [-0.2, -0.15) is 15.5 Å². The predicted octanol–water partition coefficient (Wildman–Crippen LogP) is 5.90. The Balaban J connectivity index is 1.35.